The Bertz CT molecular complexity index is 1180. The molecule has 1 amide bonds. The highest BCUT2D eigenvalue weighted by Crippen LogP contribution is 2.32. The number of hydrogen-bond donors (Lipinski definition) is 1. The minimum absolute atomic E-state index is 0.180. The van der Waals surface area contributed by atoms with Gasteiger partial charge < -0.3 is 4.42 Å². The average Bonchev–Trinajstić information content (AvgIpc) is 3.34. The second-order valence-electron chi connectivity index (χ2n) is 6.67. The zero-order valence-electron chi connectivity index (χ0n) is 15.7. The number of aryl methyl sites for hydroxylation is 1. The predicted molar refractivity (Wildman–Crippen MR) is 120 cm³/mol. The molecule has 7 heteroatoms. The van der Waals surface area contributed by atoms with E-state index in [0.717, 1.165) is 29.5 Å². The van der Waals surface area contributed by atoms with E-state index in [4.69, 9.17) is 27.6 Å². The van der Waals surface area contributed by atoms with Gasteiger partial charge in [0.25, 0.3) is 5.91 Å². The number of carbonyl (C=O) groups is 1. The fraction of sp³-hybridized carbons (Fsp3) is 0.182. The zero-order valence-corrected chi connectivity index (χ0v) is 18.0. The number of halogens is 2. The summed E-state index contributed by atoms with van der Waals surface area (Å²) < 4.78 is 6.75. The van der Waals surface area contributed by atoms with Crippen LogP contribution < -0.4 is 5.32 Å². The second kappa shape index (κ2) is 8.57. The number of amides is 1. The summed E-state index contributed by atoms with van der Waals surface area (Å²) in [6.07, 6.45) is 3.37. The molecule has 0 atom stereocenters. The van der Waals surface area contributed by atoms with Crippen LogP contribution in [0.1, 0.15) is 35.9 Å². The van der Waals surface area contributed by atoms with Crippen LogP contribution in [-0.2, 0) is 6.42 Å². The number of nitrogens with one attached hydrogen (secondary N) is 1. The quantitative estimate of drug-likeness (QED) is 0.335. The third-order valence-corrected chi connectivity index (χ3v) is 6.01. The van der Waals surface area contributed by atoms with Crippen molar-refractivity contribution in [2.45, 2.75) is 26.2 Å². The van der Waals surface area contributed by atoms with Gasteiger partial charge in [-0.1, -0.05) is 53.9 Å². The van der Waals surface area contributed by atoms with Crippen molar-refractivity contribution in [3.05, 3.63) is 69.9 Å². The number of hydrogen-bond acceptors (Lipinski definition) is 4. The summed E-state index contributed by atoms with van der Waals surface area (Å²) in [6.45, 7) is 2.18. The molecule has 2 heterocycles. The fourth-order valence-electron chi connectivity index (χ4n) is 3.01. The van der Waals surface area contributed by atoms with Crippen LogP contribution >= 0.6 is 34.5 Å². The standard InChI is InChI=1S/C22H18Cl2N2O2S/c1-2-3-4-13-5-8-17-20(11-13)29-22(25-17)26-21(27)19-10-9-18(28-19)15-12-14(23)6-7-16(15)24/h5-12H,2-4H2,1H3,(H,25,26,27). The first kappa shape index (κ1) is 20.0. The summed E-state index contributed by atoms with van der Waals surface area (Å²) in [5, 5.41) is 4.40. The van der Waals surface area contributed by atoms with Crippen LogP contribution in [0, 0.1) is 0 Å². The summed E-state index contributed by atoms with van der Waals surface area (Å²) in [4.78, 5) is 17.1. The van der Waals surface area contributed by atoms with Gasteiger partial charge in [-0.3, -0.25) is 10.1 Å². The van der Waals surface area contributed by atoms with Gasteiger partial charge in [-0.15, -0.1) is 0 Å². The van der Waals surface area contributed by atoms with Gasteiger partial charge in [0.1, 0.15) is 5.76 Å². The predicted octanol–water partition coefficient (Wildman–Crippen LogP) is 7.46. The molecule has 0 bridgehead atoms. The van der Waals surface area contributed by atoms with E-state index in [2.05, 4.69) is 29.4 Å². The van der Waals surface area contributed by atoms with E-state index in [0.29, 0.717) is 26.5 Å². The molecule has 4 nitrogen and oxygen atoms in total. The molecule has 0 spiro atoms. The first-order valence-corrected chi connectivity index (χ1v) is 10.9. The van der Waals surface area contributed by atoms with Gasteiger partial charge in [0, 0.05) is 10.6 Å². The Kier molecular flexibility index (Phi) is 5.90. The van der Waals surface area contributed by atoms with Crippen LogP contribution in [0.2, 0.25) is 10.0 Å². The molecule has 4 aromatic rings. The number of unbranched alkanes of at least 4 members (excludes halogenated alkanes) is 1. The van der Waals surface area contributed by atoms with Crippen LogP contribution in [-0.4, -0.2) is 10.9 Å². The maximum Gasteiger partial charge on any atom is 0.293 e. The number of nitrogens with zero attached hydrogens (tertiary/aromatic N) is 1. The number of furan rings is 1. The van der Waals surface area contributed by atoms with Crippen LogP contribution in [0.4, 0.5) is 5.13 Å². The summed E-state index contributed by atoms with van der Waals surface area (Å²) in [5.41, 5.74) is 2.80. The fourth-order valence-corrected chi connectivity index (χ4v) is 4.32. The van der Waals surface area contributed by atoms with Crippen molar-refractivity contribution >= 4 is 55.8 Å². The van der Waals surface area contributed by atoms with Crippen LogP contribution in [0.3, 0.4) is 0 Å². The second-order valence-corrected chi connectivity index (χ2v) is 8.54. The van der Waals surface area contributed by atoms with Crippen molar-refractivity contribution in [2.75, 3.05) is 5.32 Å². The molecule has 29 heavy (non-hydrogen) atoms. The largest absolute Gasteiger partial charge is 0.451 e. The highest BCUT2D eigenvalue weighted by Gasteiger charge is 2.16. The molecule has 148 valence electrons. The van der Waals surface area contributed by atoms with Gasteiger partial charge in [0.2, 0.25) is 0 Å². The molecule has 0 aliphatic carbocycles. The Hall–Kier alpha value is -2.34. The lowest BCUT2D eigenvalue weighted by Gasteiger charge is -2.02. The molecule has 1 N–H and O–H groups in total. The number of benzene rings is 2. The van der Waals surface area contributed by atoms with Crippen LogP contribution in [0.25, 0.3) is 21.5 Å². The normalized spacial score (nSPS) is 11.1. The number of anilines is 1. The highest BCUT2D eigenvalue weighted by atomic mass is 35.5. The number of thiazole rings is 1. The Labute approximate surface area is 182 Å². The smallest absolute Gasteiger partial charge is 0.293 e. The maximum atomic E-state index is 12.6. The van der Waals surface area contributed by atoms with E-state index in [9.17, 15) is 4.79 Å². The number of fused-ring (bicyclic) bond motifs is 1. The maximum absolute atomic E-state index is 12.6. The van der Waals surface area contributed by atoms with E-state index >= 15 is 0 Å². The average molecular weight is 445 g/mol. The van der Waals surface area contributed by atoms with E-state index in [1.54, 1.807) is 30.3 Å². The lowest BCUT2D eigenvalue weighted by molar-refractivity contribution is 0.0997. The van der Waals surface area contributed by atoms with Crippen LogP contribution in [0.5, 0.6) is 0 Å². The molecule has 0 aliphatic rings. The van der Waals surface area contributed by atoms with Crippen molar-refractivity contribution in [2.24, 2.45) is 0 Å². The Morgan fingerprint density at radius 2 is 2.00 bits per heavy atom. The number of carbonyl (C=O) groups excluding carboxylic acids is 1. The van der Waals surface area contributed by atoms with Crippen LogP contribution in [0.15, 0.2) is 52.9 Å². The van der Waals surface area contributed by atoms with E-state index < -0.39 is 0 Å². The molecule has 0 fully saturated rings. The molecule has 0 radical (unpaired) electrons. The topological polar surface area (TPSA) is 55.1 Å². The van der Waals surface area contributed by atoms with Crippen molar-refractivity contribution in [1.29, 1.82) is 0 Å². The Morgan fingerprint density at radius 1 is 1.14 bits per heavy atom. The van der Waals surface area contributed by atoms with E-state index in [1.165, 1.54) is 16.9 Å². The van der Waals surface area contributed by atoms with Gasteiger partial charge in [0.15, 0.2) is 10.9 Å². The molecule has 2 aromatic carbocycles. The summed E-state index contributed by atoms with van der Waals surface area (Å²) in [7, 11) is 0. The zero-order chi connectivity index (χ0) is 20.4. The molecular formula is C22H18Cl2N2O2S. The molecule has 2 aromatic heterocycles. The minimum Gasteiger partial charge on any atom is -0.451 e. The molecule has 0 saturated heterocycles. The van der Waals surface area contributed by atoms with Gasteiger partial charge >= 0.3 is 0 Å². The molecule has 0 unspecified atom stereocenters. The van der Waals surface area contributed by atoms with E-state index in [1.807, 2.05) is 6.07 Å². The Morgan fingerprint density at radius 3 is 2.83 bits per heavy atom. The van der Waals surface area contributed by atoms with Crippen molar-refractivity contribution in [3.8, 4) is 11.3 Å². The third kappa shape index (κ3) is 4.47. The molecule has 4 rings (SSSR count). The first-order valence-electron chi connectivity index (χ1n) is 9.29. The highest BCUT2D eigenvalue weighted by molar-refractivity contribution is 7.22. The molecular weight excluding hydrogens is 427 g/mol. The lowest BCUT2D eigenvalue weighted by Crippen LogP contribution is -2.10. The Balaban J connectivity index is 1.52. The van der Waals surface area contributed by atoms with Gasteiger partial charge in [-0.05, 0) is 60.9 Å². The first-order chi connectivity index (χ1) is 14.0. The van der Waals surface area contributed by atoms with Gasteiger partial charge in [0.05, 0.1) is 15.2 Å². The lowest BCUT2D eigenvalue weighted by atomic mass is 10.1. The van der Waals surface area contributed by atoms with Gasteiger partial charge in [-0.2, -0.15) is 0 Å². The van der Waals surface area contributed by atoms with E-state index in [-0.39, 0.29) is 11.7 Å². The van der Waals surface area contributed by atoms with Crippen molar-refractivity contribution in [3.63, 3.8) is 0 Å². The number of aromatic nitrogens is 1. The molecule has 0 aliphatic heterocycles. The molecule has 0 saturated carbocycles. The van der Waals surface area contributed by atoms with Gasteiger partial charge in [-0.25, -0.2) is 4.98 Å². The summed E-state index contributed by atoms with van der Waals surface area (Å²) >= 11 is 13.7. The van der Waals surface area contributed by atoms with Crippen molar-refractivity contribution < 1.29 is 9.21 Å². The summed E-state index contributed by atoms with van der Waals surface area (Å²) in [5.74, 6) is 0.297. The van der Waals surface area contributed by atoms with Crippen molar-refractivity contribution in [1.82, 2.24) is 4.98 Å². The monoisotopic (exact) mass is 444 g/mol. The minimum atomic E-state index is -0.361. The SMILES string of the molecule is CCCCc1ccc2nc(NC(=O)c3ccc(-c4cc(Cl)ccc4Cl)o3)sc2c1. The summed E-state index contributed by atoms with van der Waals surface area (Å²) in [6, 6.07) is 14.6. The third-order valence-electron chi connectivity index (χ3n) is 4.52. The number of rotatable bonds is 6.